The zero-order valence-electron chi connectivity index (χ0n) is 20.6. The van der Waals surface area contributed by atoms with Crippen molar-refractivity contribution in [2.45, 2.75) is 53.1 Å². The third-order valence-electron chi connectivity index (χ3n) is 4.81. The van der Waals surface area contributed by atoms with Gasteiger partial charge in [0.1, 0.15) is 0 Å². The summed E-state index contributed by atoms with van der Waals surface area (Å²) in [6.07, 6.45) is -3.82. The van der Waals surface area contributed by atoms with Gasteiger partial charge >= 0.3 is 6.18 Å². The van der Waals surface area contributed by atoms with Crippen molar-refractivity contribution < 1.29 is 26.4 Å². The van der Waals surface area contributed by atoms with Crippen molar-refractivity contribution in [3.8, 4) is 0 Å². The number of nitrogens with one attached hydrogen (secondary N) is 2. The second-order valence-corrected chi connectivity index (χ2v) is 11.9. The topological polar surface area (TPSA) is 104 Å². The Bertz CT molecular complexity index is 1110. The van der Waals surface area contributed by atoms with Crippen LogP contribution in [0.2, 0.25) is 0 Å². The summed E-state index contributed by atoms with van der Waals surface area (Å²) in [4.78, 5) is 17.8. The van der Waals surface area contributed by atoms with Crippen LogP contribution in [0.5, 0.6) is 0 Å². The van der Waals surface area contributed by atoms with Gasteiger partial charge in [0.25, 0.3) is 0 Å². The Morgan fingerprint density at radius 2 is 1.71 bits per heavy atom. The molecule has 0 aliphatic heterocycles. The number of halogens is 3. The summed E-state index contributed by atoms with van der Waals surface area (Å²) in [6.45, 7) is 11.5. The van der Waals surface area contributed by atoms with E-state index in [0.29, 0.717) is 29.1 Å². The average Bonchev–Trinajstić information content (AvgIpc) is 3.14. The number of amides is 1. The fourth-order valence-corrected chi connectivity index (χ4v) is 4.63. The highest BCUT2D eigenvalue weighted by molar-refractivity contribution is 7.89. The van der Waals surface area contributed by atoms with Crippen molar-refractivity contribution in [1.82, 2.24) is 14.1 Å². The van der Waals surface area contributed by atoms with E-state index in [2.05, 4.69) is 47.3 Å². The van der Waals surface area contributed by atoms with Crippen LogP contribution in [0.1, 0.15) is 58.3 Å². The highest BCUT2D eigenvalue weighted by atomic mass is 32.2. The van der Waals surface area contributed by atoms with Crippen molar-refractivity contribution in [3.63, 3.8) is 0 Å². The van der Waals surface area contributed by atoms with E-state index < -0.39 is 27.9 Å². The molecule has 13 heteroatoms. The minimum absolute atomic E-state index is 0.00718. The van der Waals surface area contributed by atoms with Gasteiger partial charge in [-0.15, -0.1) is 0 Å². The maximum Gasteiger partial charge on any atom is 0.452 e. The van der Waals surface area contributed by atoms with Crippen LogP contribution in [0.4, 0.5) is 29.7 Å². The normalized spacial score (nSPS) is 13.2. The van der Waals surface area contributed by atoms with Gasteiger partial charge in [-0.2, -0.15) is 22.5 Å². The van der Waals surface area contributed by atoms with Gasteiger partial charge in [-0.05, 0) is 35.4 Å². The zero-order valence-corrected chi connectivity index (χ0v) is 22.2. The van der Waals surface area contributed by atoms with Gasteiger partial charge in [-0.1, -0.05) is 40.7 Å². The Kier molecular flexibility index (Phi) is 9.51. The largest absolute Gasteiger partial charge is 0.452 e. The maximum absolute atomic E-state index is 13.0. The van der Waals surface area contributed by atoms with E-state index >= 15 is 0 Å². The van der Waals surface area contributed by atoms with E-state index in [-0.39, 0.29) is 17.5 Å². The summed E-state index contributed by atoms with van der Waals surface area (Å²) >= 11 is 0.609. The molecule has 0 fully saturated rings. The first-order valence-electron chi connectivity index (χ1n) is 11.1. The lowest BCUT2D eigenvalue weighted by Gasteiger charge is -2.31. The minimum atomic E-state index is -4.65. The van der Waals surface area contributed by atoms with Crippen molar-refractivity contribution in [2.75, 3.05) is 29.6 Å². The molecule has 0 bridgehead atoms. The smallest absolute Gasteiger partial charge is 0.369 e. The van der Waals surface area contributed by atoms with E-state index in [1.165, 1.54) is 0 Å². The quantitative estimate of drug-likeness (QED) is 0.418. The molecular formula is C22H32F3N5O3S2. The summed E-state index contributed by atoms with van der Waals surface area (Å²) in [5, 5.41) is 2.98. The van der Waals surface area contributed by atoms with Gasteiger partial charge in [0, 0.05) is 31.0 Å². The number of sulfonamides is 1. The van der Waals surface area contributed by atoms with E-state index in [1.807, 2.05) is 16.9 Å². The Morgan fingerprint density at radius 3 is 2.20 bits per heavy atom. The molecule has 2 aromatic rings. The third-order valence-corrected chi connectivity index (χ3v) is 6.04. The molecular weight excluding hydrogens is 503 g/mol. The van der Waals surface area contributed by atoms with Crippen molar-refractivity contribution >= 4 is 44.0 Å². The number of hydrogen-bond donors (Lipinski definition) is 2. The molecule has 196 valence electrons. The molecule has 1 aromatic carbocycles. The summed E-state index contributed by atoms with van der Waals surface area (Å²) in [5.41, 5.74) is 2.03. The molecule has 0 saturated carbocycles. The Labute approximate surface area is 208 Å². The predicted octanol–water partition coefficient (Wildman–Crippen LogP) is 4.99. The van der Waals surface area contributed by atoms with Crippen LogP contribution in [0.3, 0.4) is 0 Å². The number of nitrogens with zero attached hydrogens (tertiary/aromatic N) is 3. The predicted molar refractivity (Wildman–Crippen MR) is 133 cm³/mol. The van der Waals surface area contributed by atoms with Crippen LogP contribution in [-0.2, 0) is 21.0 Å². The van der Waals surface area contributed by atoms with Gasteiger partial charge in [0.05, 0.1) is 17.6 Å². The number of aromatic nitrogens is 2. The highest BCUT2D eigenvalue weighted by Gasteiger charge is 2.36. The lowest BCUT2D eigenvalue weighted by atomic mass is 9.96. The first-order chi connectivity index (χ1) is 16.0. The molecule has 8 nitrogen and oxygen atoms in total. The lowest BCUT2D eigenvalue weighted by Crippen LogP contribution is -2.32. The van der Waals surface area contributed by atoms with Gasteiger partial charge in [0.15, 0.2) is 0 Å². The first kappa shape index (κ1) is 28.8. The SMILES string of the molecule is CC(C)CN(CC(C)C)c1ccc(C(C)CC(=O)NS(C)(=O)=O)cc1Nc1nc(C(F)(F)F)ns1. The number of benzene rings is 1. The molecule has 35 heavy (non-hydrogen) atoms. The summed E-state index contributed by atoms with van der Waals surface area (Å²) in [6, 6.07) is 5.46. The Balaban J connectivity index is 2.45. The van der Waals surface area contributed by atoms with Crippen LogP contribution in [-0.4, -0.2) is 43.0 Å². The molecule has 1 heterocycles. The molecule has 0 saturated heterocycles. The van der Waals surface area contributed by atoms with Crippen LogP contribution < -0.4 is 14.9 Å². The lowest BCUT2D eigenvalue weighted by molar-refractivity contribution is -0.144. The fourth-order valence-electron chi connectivity index (χ4n) is 3.54. The number of alkyl halides is 3. The molecule has 1 atom stereocenters. The van der Waals surface area contributed by atoms with Crippen LogP contribution in [0, 0.1) is 11.8 Å². The van der Waals surface area contributed by atoms with E-state index in [0.717, 1.165) is 30.6 Å². The van der Waals surface area contributed by atoms with Crippen molar-refractivity contribution in [1.29, 1.82) is 0 Å². The van der Waals surface area contributed by atoms with E-state index in [4.69, 9.17) is 0 Å². The van der Waals surface area contributed by atoms with E-state index in [1.54, 1.807) is 13.0 Å². The number of rotatable bonds is 11. The molecule has 0 aliphatic rings. The minimum Gasteiger partial charge on any atom is -0.369 e. The highest BCUT2D eigenvalue weighted by Crippen LogP contribution is 2.36. The maximum atomic E-state index is 13.0. The van der Waals surface area contributed by atoms with Gasteiger partial charge in [-0.3, -0.25) is 9.52 Å². The number of hydrogen-bond acceptors (Lipinski definition) is 8. The Hall–Kier alpha value is -2.41. The molecule has 2 rings (SSSR count). The number of carbonyl (C=O) groups is 1. The van der Waals surface area contributed by atoms with Gasteiger partial charge in [-0.25, -0.2) is 8.42 Å². The fraction of sp³-hybridized carbons (Fsp3) is 0.591. The zero-order chi connectivity index (χ0) is 26.6. The van der Waals surface area contributed by atoms with Crippen LogP contribution in [0.25, 0.3) is 0 Å². The second kappa shape index (κ2) is 11.5. The van der Waals surface area contributed by atoms with E-state index in [9.17, 15) is 26.4 Å². The molecule has 0 aliphatic carbocycles. The third kappa shape index (κ3) is 9.28. The molecule has 1 amide bonds. The summed E-state index contributed by atoms with van der Waals surface area (Å²) in [7, 11) is -3.68. The molecule has 0 radical (unpaired) electrons. The molecule has 1 aromatic heterocycles. The van der Waals surface area contributed by atoms with Crippen LogP contribution in [0.15, 0.2) is 18.2 Å². The van der Waals surface area contributed by atoms with Crippen LogP contribution >= 0.6 is 11.5 Å². The summed E-state index contributed by atoms with van der Waals surface area (Å²) in [5.74, 6) is -1.54. The van der Waals surface area contributed by atoms with Crippen molar-refractivity contribution in [2.24, 2.45) is 11.8 Å². The summed E-state index contributed by atoms with van der Waals surface area (Å²) < 4.78 is 67.1. The molecule has 1 unspecified atom stereocenters. The molecule has 2 N–H and O–H groups in total. The standard InChI is InChI=1S/C22H32F3N5O3S2/c1-13(2)11-30(12-14(3)4)18-8-7-16(15(5)9-19(31)29-35(6,32)33)10-17(18)26-21-27-20(28-34-21)22(23,24)25/h7-8,10,13-15H,9,11-12H2,1-6H3,(H,29,31)(H,26,27,28). The van der Waals surface area contributed by atoms with Gasteiger partial charge < -0.3 is 10.2 Å². The van der Waals surface area contributed by atoms with Gasteiger partial charge in [0.2, 0.25) is 26.9 Å². The van der Waals surface area contributed by atoms with Crippen molar-refractivity contribution in [3.05, 3.63) is 29.6 Å². The number of carbonyl (C=O) groups excluding carboxylic acids is 1. The Morgan fingerprint density at radius 1 is 1.11 bits per heavy atom. The molecule has 0 spiro atoms. The number of anilines is 3. The monoisotopic (exact) mass is 535 g/mol. The first-order valence-corrected chi connectivity index (χ1v) is 13.8. The average molecular weight is 536 g/mol. The second-order valence-electron chi connectivity index (χ2n) is 9.42.